The van der Waals surface area contributed by atoms with Gasteiger partial charge in [0.05, 0.1) is 23.8 Å². The van der Waals surface area contributed by atoms with Crippen molar-refractivity contribution in [3.63, 3.8) is 0 Å². The lowest BCUT2D eigenvalue weighted by Crippen LogP contribution is -2.43. The molecule has 1 saturated carbocycles. The Balaban J connectivity index is 1.38. The van der Waals surface area contributed by atoms with Gasteiger partial charge in [0.15, 0.2) is 0 Å². The predicted octanol–water partition coefficient (Wildman–Crippen LogP) is 4.03. The van der Waals surface area contributed by atoms with Crippen LogP contribution in [0.25, 0.3) is 5.57 Å². The van der Waals surface area contributed by atoms with Crippen LogP contribution in [0.5, 0.6) is 0 Å². The van der Waals surface area contributed by atoms with Gasteiger partial charge in [-0.3, -0.25) is 9.78 Å². The normalized spacial score (nSPS) is 17.9. The van der Waals surface area contributed by atoms with E-state index in [0.717, 1.165) is 67.7 Å². The second-order valence-corrected chi connectivity index (χ2v) is 9.94. The smallest absolute Gasteiger partial charge is 0.251 e. The number of nitrogens with one attached hydrogen (secondary N) is 4. The first kappa shape index (κ1) is 25.9. The highest BCUT2D eigenvalue weighted by Gasteiger charge is 2.24. The van der Waals surface area contributed by atoms with Gasteiger partial charge in [-0.05, 0) is 75.3 Å². The Kier molecular flexibility index (Phi) is 8.72. The lowest BCUT2D eigenvalue weighted by molar-refractivity contribution is 0.0951. The van der Waals surface area contributed by atoms with Gasteiger partial charge in [-0.25, -0.2) is 0 Å². The van der Waals surface area contributed by atoms with Crippen LogP contribution in [0.2, 0.25) is 0 Å². The van der Waals surface area contributed by atoms with E-state index in [1.54, 1.807) is 12.4 Å². The SMILES string of the molecule is Cc1ccc(C(=O)NC2CC2)cc1/C(C=N)=C/Nc1cncc(NC2CCN(C(C)CCO)CC2)c1. The second kappa shape index (κ2) is 12.1. The molecule has 1 aromatic heterocycles. The van der Waals surface area contributed by atoms with Crippen LogP contribution in [0.1, 0.15) is 60.5 Å². The van der Waals surface area contributed by atoms with E-state index in [2.05, 4.69) is 32.8 Å². The Morgan fingerprint density at radius 3 is 2.61 bits per heavy atom. The fourth-order valence-electron chi connectivity index (χ4n) is 4.62. The number of allylic oxidation sites excluding steroid dienone is 1. The van der Waals surface area contributed by atoms with Crippen LogP contribution in [0.3, 0.4) is 0 Å². The molecule has 0 spiro atoms. The highest BCUT2D eigenvalue weighted by atomic mass is 16.3. The van der Waals surface area contributed by atoms with Crippen molar-refractivity contribution in [3.8, 4) is 0 Å². The molecular weight excluding hydrogens is 452 g/mol. The van der Waals surface area contributed by atoms with Gasteiger partial charge in [0.25, 0.3) is 5.91 Å². The Labute approximate surface area is 213 Å². The summed E-state index contributed by atoms with van der Waals surface area (Å²) in [7, 11) is 0. The first-order valence-electron chi connectivity index (χ1n) is 12.9. The van der Waals surface area contributed by atoms with Gasteiger partial charge in [0, 0.05) is 61.4 Å². The second-order valence-electron chi connectivity index (χ2n) is 9.94. The molecule has 1 unspecified atom stereocenters. The average Bonchev–Trinajstić information content (AvgIpc) is 3.70. The van der Waals surface area contributed by atoms with Crippen LogP contribution in [-0.2, 0) is 0 Å². The van der Waals surface area contributed by atoms with Gasteiger partial charge in [-0.15, -0.1) is 0 Å². The third-order valence-electron chi connectivity index (χ3n) is 7.08. The van der Waals surface area contributed by atoms with Gasteiger partial charge in [0.1, 0.15) is 0 Å². The number of nitrogens with zero attached hydrogens (tertiary/aromatic N) is 2. The molecule has 2 aliphatic rings. The molecule has 8 nitrogen and oxygen atoms in total. The van der Waals surface area contributed by atoms with Crippen molar-refractivity contribution in [1.29, 1.82) is 5.41 Å². The summed E-state index contributed by atoms with van der Waals surface area (Å²) in [6, 6.07) is 8.75. The van der Waals surface area contributed by atoms with Crippen molar-refractivity contribution in [1.82, 2.24) is 15.2 Å². The number of amides is 1. The van der Waals surface area contributed by atoms with E-state index >= 15 is 0 Å². The topological polar surface area (TPSA) is 113 Å². The number of aromatic nitrogens is 1. The Bertz CT molecular complexity index is 1090. The number of hydrogen-bond acceptors (Lipinski definition) is 7. The van der Waals surface area contributed by atoms with Crippen LogP contribution >= 0.6 is 0 Å². The van der Waals surface area contributed by atoms with E-state index < -0.39 is 0 Å². The number of aryl methyl sites for hydroxylation is 1. The number of aliphatic hydroxyl groups excluding tert-OH is 1. The maximum absolute atomic E-state index is 12.5. The maximum atomic E-state index is 12.5. The average molecular weight is 491 g/mol. The molecule has 2 fully saturated rings. The molecule has 5 N–H and O–H groups in total. The number of rotatable bonds is 11. The first-order chi connectivity index (χ1) is 17.5. The summed E-state index contributed by atoms with van der Waals surface area (Å²) in [6.45, 7) is 6.44. The van der Waals surface area contributed by atoms with E-state index in [1.807, 2.05) is 37.4 Å². The third kappa shape index (κ3) is 6.92. The third-order valence-corrected chi connectivity index (χ3v) is 7.08. The molecule has 2 heterocycles. The van der Waals surface area contributed by atoms with Crippen molar-refractivity contribution in [2.45, 2.75) is 64.1 Å². The summed E-state index contributed by atoms with van der Waals surface area (Å²) in [5.41, 5.74) is 4.94. The fraction of sp³-hybridized carbons (Fsp3) is 0.464. The Morgan fingerprint density at radius 2 is 1.92 bits per heavy atom. The summed E-state index contributed by atoms with van der Waals surface area (Å²) in [5, 5.41) is 27.1. The summed E-state index contributed by atoms with van der Waals surface area (Å²) >= 11 is 0. The molecule has 1 atom stereocenters. The maximum Gasteiger partial charge on any atom is 0.251 e. The van der Waals surface area contributed by atoms with Crippen molar-refractivity contribution in [2.75, 3.05) is 30.3 Å². The molecule has 36 heavy (non-hydrogen) atoms. The zero-order chi connectivity index (χ0) is 25.5. The molecule has 1 aliphatic heterocycles. The number of anilines is 2. The van der Waals surface area contributed by atoms with E-state index in [9.17, 15) is 9.90 Å². The largest absolute Gasteiger partial charge is 0.396 e. The molecule has 1 amide bonds. The monoisotopic (exact) mass is 490 g/mol. The van der Waals surface area contributed by atoms with E-state index in [4.69, 9.17) is 5.41 Å². The number of carbonyl (C=O) groups is 1. The molecule has 0 bridgehead atoms. The quantitative estimate of drug-likeness (QED) is 0.304. The number of likely N-dealkylation sites (tertiary alicyclic amines) is 1. The molecule has 0 radical (unpaired) electrons. The van der Waals surface area contributed by atoms with Crippen LogP contribution in [0.4, 0.5) is 11.4 Å². The summed E-state index contributed by atoms with van der Waals surface area (Å²) < 4.78 is 0. The first-order valence-corrected chi connectivity index (χ1v) is 12.9. The number of piperidine rings is 1. The van der Waals surface area contributed by atoms with Crippen LogP contribution in [0.15, 0.2) is 42.9 Å². The van der Waals surface area contributed by atoms with Gasteiger partial charge in [0.2, 0.25) is 0 Å². The van der Waals surface area contributed by atoms with Gasteiger partial charge >= 0.3 is 0 Å². The molecule has 192 valence electrons. The minimum Gasteiger partial charge on any atom is -0.396 e. The van der Waals surface area contributed by atoms with E-state index in [1.165, 1.54) is 6.21 Å². The van der Waals surface area contributed by atoms with Crippen molar-refractivity contribution >= 4 is 29.1 Å². The molecule has 4 rings (SSSR count). The van der Waals surface area contributed by atoms with Gasteiger partial charge in [-0.1, -0.05) is 6.07 Å². The van der Waals surface area contributed by atoms with Crippen LogP contribution in [0, 0.1) is 12.3 Å². The number of carbonyl (C=O) groups excluding carboxylic acids is 1. The van der Waals surface area contributed by atoms with Gasteiger partial charge in [-0.2, -0.15) is 0 Å². The van der Waals surface area contributed by atoms with Crippen molar-refractivity contribution in [3.05, 3.63) is 59.5 Å². The summed E-state index contributed by atoms with van der Waals surface area (Å²) in [6.07, 6.45) is 11.7. The molecular formula is C28H38N6O2. The Morgan fingerprint density at radius 1 is 1.17 bits per heavy atom. The molecule has 1 aromatic carbocycles. The molecule has 8 heteroatoms. The van der Waals surface area contributed by atoms with Crippen molar-refractivity contribution in [2.24, 2.45) is 0 Å². The highest BCUT2D eigenvalue weighted by Crippen LogP contribution is 2.24. The molecule has 1 aliphatic carbocycles. The molecule has 1 saturated heterocycles. The minimum absolute atomic E-state index is 0.0623. The Hall–Kier alpha value is -3.23. The number of aliphatic hydroxyl groups is 1. The highest BCUT2D eigenvalue weighted by molar-refractivity contribution is 6.10. The van der Waals surface area contributed by atoms with Crippen LogP contribution in [-0.4, -0.2) is 64.9 Å². The standard InChI is InChI=1S/C28H38N6O2/c1-19-3-4-21(28(36)33-23-5-6-23)13-27(19)22(15-29)16-31-25-14-26(18-30-17-25)32-24-7-10-34(11-8-24)20(2)9-12-35/h3-4,13-18,20,23-24,29,31-32,35H,5-12H2,1-2H3,(H,33,36)/b22-16+,29-15?. The lowest BCUT2D eigenvalue weighted by Gasteiger charge is -2.36. The zero-order valence-electron chi connectivity index (χ0n) is 21.3. The number of benzene rings is 1. The van der Waals surface area contributed by atoms with E-state index in [0.29, 0.717) is 29.3 Å². The summed E-state index contributed by atoms with van der Waals surface area (Å²) in [4.78, 5) is 19.3. The lowest BCUT2D eigenvalue weighted by atomic mass is 9.98. The van der Waals surface area contributed by atoms with Crippen molar-refractivity contribution < 1.29 is 9.90 Å². The number of pyridine rings is 1. The van der Waals surface area contributed by atoms with Gasteiger partial charge < -0.3 is 31.4 Å². The summed E-state index contributed by atoms with van der Waals surface area (Å²) in [5.74, 6) is -0.0623. The van der Waals surface area contributed by atoms with Crippen LogP contribution < -0.4 is 16.0 Å². The predicted molar refractivity (Wildman–Crippen MR) is 146 cm³/mol. The minimum atomic E-state index is -0.0623. The molecule has 2 aromatic rings. The number of hydrogen-bond donors (Lipinski definition) is 5. The van der Waals surface area contributed by atoms with E-state index in [-0.39, 0.29) is 12.5 Å². The fourth-order valence-corrected chi connectivity index (χ4v) is 4.62. The zero-order valence-corrected chi connectivity index (χ0v) is 21.3.